The van der Waals surface area contributed by atoms with Gasteiger partial charge in [-0.1, -0.05) is 26.0 Å². The van der Waals surface area contributed by atoms with E-state index in [4.69, 9.17) is 14.6 Å². The van der Waals surface area contributed by atoms with Crippen LogP contribution in [0, 0.1) is 5.41 Å². The number of carbonyl (C=O) groups is 1. The van der Waals surface area contributed by atoms with Crippen molar-refractivity contribution >= 4 is 12.0 Å². The van der Waals surface area contributed by atoms with E-state index in [0.29, 0.717) is 12.2 Å². The maximum atomic E-state index is 10.7. The van der Waals surface area contributed by atoms with E-state index in [1.54, 1.807) is 14.0 Å². The van der Waals surface area contributed by atoms with Crippen molar-refractivity contribution < 1.29 is 19.4 Å². The molecule has 0 saturated carbocycles. The van der Waals surface area contributed by atoms with Gasteiger partial charge >= 0.3 is 5.97 Å². The predicted octanol–water partition coefficient (Wildman–Crippen LogP) is 4.08. The van der Waals surface area contributed by atoms with Crippen molar-refractivity contribution in [3.05, 3.63) is 53.1 Å². The Labute approximate surface area is 136 Å². The molecule has 0 spiro atoms. The number of ether oxygens (including phenoxy) is 2. The van der Waals surface area contributed by atoms with Gasteiger partial charge in [0.1, 0.15) is 11.5 Å². The number of carboxylic acids is 1. The predicted molar refractivity (Wildman–Crippen MR) is 90.8 cm³/mol. The molecule has 0 atom stereocenters. The first-order chi connectivity index (χ1) is 10.8. The van der Waals surface area contributed by atoms with Crippen molar-refractivity contribution in [2.75, 3.05) is 13.7 Å². The zero-order chi connectivity index (χ0) is 17.0. The van der Waals surface area contributed by atoms with Gasteiger partial charge in [-0.2, -0.15) is 0 Å². The first kappa shape index (κ1) is 16.9. The Kier molecular flexibility index (Phi) is 4.94. The molecule has 0 unspecified atom stereocenters. The van der Waals surface area contributed by atoms with Gasteiger partial charge in [0, 0.05) is 17.1 Å². The second-order valence-corrected chi connectivity index (χ2v) is 6.24. The van der Waals surface area contributed by atoms with Crippen molar-refractivity contribution in [3.8, 4) is 11.5 Å². The number of aliphatic carboxylic acids is 1. The van der Waals surface area contributed by atoms with Crippen molar-refractivity contribution in [1.29, 1.82) is 0 Å². The zero-order valence-electron chi connectivity index (χ0n) is 13.9. The van der Waals surface area contributed by atoms with Crippen LogP contribution in [0.5, 0.6) is 11.5 Å². The fourth-order valence-corrected chi connectivity index (χ4v) is 2.34. The third-order valence-electron chi connectivity index (χ3n) is 3.77. The van der Waals surface area contributed by atoms with Crippen LogP contribution in [0.2, 0.25) is 0 Å². The number of allylic oxidation sites excluding steroid dienone is 3. The molecule has 1 aromatic rings. The highest BCUT2D eigenvalue weighted by Crippen LogP contribution is 2.37. The van der Waals surface area contributed by atoms with Crippen LogP contribution in [0.25, 0.3) is 6.08 Å². The summed E-state index contributed by atoms with van der Waals surface area (Å²) in [6, 6.07) is 5.72. The van der Waals surface area contributed by atoms with E-state index in [1.807, 2.05) is 30.4 Å². The van der Waals surface area contributed by atoms with Gasteiger partial charge in [-0.15, -0.1) is 0 Å². The highest BCUT2D eigenvalue weighted by atomic mass is 16.5. The molecule has 1 N–H and O–H groups in total. The second-order valence-electron chi connectivity index (χ2n) is 6.24. The number of benzene rings is 1. The summed E-state index contributed by atoms with van der Waals surface area (Å²) in [6.07, 6.45) is 7.02. The van der Waals surface area contributed by atoms with Crippen molar-refractivity contribution in [3.63, 3.8) is 0 Å². The molecular formula is C19H22O4. The van der Waals surface area contributed by atoms with Crippen LogP contribution in [0.1, 0.15) is 26.3 Å². The van der Waals surface area contributed by atoms with Crippen molar-refractivity contribution in [1.82, 2.24) is 0 Å². The molecule has 1 heterocycles. The van der Waals surface area contributed by atoms with E-state index in [9.17, 15) is 4.79 Å². The fraction of sp³-hybridized carbons (Fsp3) is 0.316. The van der Waals surface area contributed by atoms with Crippen LogP contribution in [0.3, 0.4) is 0 Å². The van der Waals surface area contributed by atoms with E-state index in [-0.39, 0.29) is 5.41 Å². The molecule has 0 aliphatic carbocycles. The van der Waals surface area contributed by atoms with E-state index >= 15 is 0 Å². The van der Waals surface area contributed by atoms with Crippen molar-refractivity contribution in [2.24, 2.45) is 5.41 Å². The van der Waals surface area contributed by atoms with E-state index in [0.717, 1.165) is 22.6 Å². The number of hydrogen-bond acceptors (Lipinski definition) is 3. The lowest BCUT2D eigenvalue weighted by molar-refractivity contribution is -0.131. The van der Waals surface area contributed by atoms with Gasteiger partial charge < -0.3 is 14.6 Å². The number of hydrogen-bond donors (Lipinski definition) is 1. The van der Waals surface area contributed by atoms with Gasteiger partial charge in [-0.3, -0.25) is 0 Å². The molecule has 122 valence electrons. The van der Waals surface area contributed by atoms with Gasteiger partial charge in [-0.25, -0.2) is 4.79 Å². The Morgan fingerprint density at radius 2 is 2.13 bits per heavy atom. The normalized spacial score (nSPS) is 17.0. The summed E-state index contributed by atoms with van der Waals surface area (Å²) in [7, 11) is 1.63. The summed E-state index contributed by atoms with van der Waals surface area (Å²) in [6.45, 7) is 6.51. The van der Waals surface area contributed by atoms with E-state index < -0.39 is 5.97 Å². The Bertz CT molecular complexity index is 693. The summed E-state index contributed by atoms with van der Waals surface area (Å²) >= 11 is 0. The van der Waals surface area contributed by atoms with Crippen molar-refractivity contribution in [2.45, 2.75) is 20.8 Å². The summed E-state index contributed by atoms with van der Waals surface area (Å²) in [5.41, 5.74) is 2.52. The third-order valence-corrected chi connectivity index (χ3v) is 3.77. The molecule has 0 radical (unpaired) electrons. The highest BCUT2D eigenvalue weighted by Gasteiger charge is 2.26. The van der Waals surface area contributed by atoms with Crippen LogP contribution in [-0.2, 0) is 4.79 Å². The first-order valence-corrected chi connectivity index (χ1v) is 7.44. The van der Waals surface area contributed by atoms with Crippen LogP contribution >= 0.6 is 0 Å². The van der Waals surface area contributed by atoms with Crippen LogP contribution in [0.4, 0.5) is 0 Å². The lowest BCUT2D eigenvalue weighted by Crippen LogP contribution is -2.21. The SMILES string of the molecule is COc1ccc2c(c1)C=C(/C=C/C(C)=C/C(=O)O)C(C)(C)CO2. The Hall–Kier alpha value is -2.49. The average Bonchev–Trinajstić information content (AvgIpc) is 2.60. The molecule has 2 rings (SSSR count). The average molecular weight is 314 g/mol. The molecule has 1 aliphatic heterocycles. The smallest absolute Gasteiger partial charge is 0.328 e. The maximum Gasteiger partial charge on any atom is 0.328 e. The minimum Gasteiger partial charge on any atom is -0.497 e. The molecule has 1 aliphatic rings. The van der Waals surface area contributed by atoms with Crippen LogP contribution in [0.15, 0.2) is 47.6 Å². The minimum atomic E-state index is -0.945. The number of carboxylic acid groups (broad SMARTS) is 1. The van der Waals surface area contributed by atoms with Gasteiger partial charge in [0.05, 0.1) is 13.7 Å². The van der Waals surface area contributed by atoms with Crippen LogP contribution in [-0.4, -0.2) is 24.8 Å². The summed E-state index contributed by atoms with van der Waals surface area (Å²) in [5.74, 6) is 0.647. The zero-order valence-corrected chi connectivity index (χ0v) is 13.9. The monoisotopic (exact) mass is 314 g/mol. The van der Waals surface area contributed by atoms with E-state index in [1.165, 1.54) is 6.08 Å². The molecule has 23 heavy (non-hydrogen) atoms. The topological polar surface area (TPSA) is 55.8 Å². The fourth-order valence-electron chi connectivity index (χ4n) is 2.34. The maximum absolute atomic E-state index is 10.7. The number of methoxy groups -OCH3 is 1. The molecule has 1 aromatic carbocycles. The number of rotatable bonds is 4. The minimum absolute atomic E-state index is 0.188. The van der Waals surface area contributed by atoms with Gasteiger partial charge in [0.15, 0.2) is 0 Å². The Morgan fingerprint density at radius 1 is 1.39 bits per heavy atom. The molecule has 0 amide bonds. The third kappa shape index (κ3) is 4.25. The Morgan fingerprint density at radius 3 is 2.78 bits per heavy atom. The van der Waals surface area contributed by atoms with Gasteiger partial charge in [-0.05, 0) is 42.3 Å². The lowest BCUT2D eigenvalue weighted by atomic mass is 9.84. The summed E-state index contributed by atoms with van der Waals surface area (Å²) < 4.78 is 11.2. The van der Waals surface area contributed by atoms with Crippen LogP contribution < -0.4 is 9.47 Å². The second kappa shape index (κ2) is 6.73. The van der Waals surface area contributed by atoms with Gasteiger partial charge in [0.25, 0.3) is 0 Å². The lowest BCUT2D eigenvalue weighted by Gasteiger charge is -2.24. The molecule has 4 nitrogen and oxygen atoms in total. The molecule has 0 aromatic heterocycles. The molecule has 0 bridgehead atoms. The molecule has 4 heteroatoms. The summed E-state index contributed by atoms with van der Waals surface area (Å²) in [4.78, 5) is 10.7. The highest BCUT2D eigenvalue weighted by molar-refractivity contribution is 5.81. The largest absolute Gasteiger partial charge is 0.497 e. The Balaban J connectivity index is 2.42. The quantitative estimate of drug-likeness (QED) is 0.672. The summed E-state index contributed by atoms with van der Waals surface area (Å²) in [5, 5.41) is 8.80. The first-order valence-electron chi connectivity index (χ1n) is 7.44. The molecule has 0 saturated heterocycles. The van der Waals surface area contributed by atoms with Gasteiger partial charge in [0.2, 0.25) is 0 Å². The number of fused-ring (bicyclic) bond motifs is 1. The molecular weight excluding hydrogens is 292 g/mol. The van der Waals surface area contributed by atoms with E-state index in [2.05, 4.69) is 19.9 Å². The molecule has 0 fully saturated rings. The standard InChI is InChI=1S/C19H22O4/c1-13(9-18(20)21)5-6-15-10-14-11-16(22-4)7-8-17(14)23-12-19(15,2)3/h5-11H,12H2,1-4H3,(H,20,21)/b6-5+,13-9+.